The van der Waals surface area contributed by atoms with Crippen molar-refractivity contribution >= 4 is 23.4 Å². The average molecular weight is 386 g/mol. The van der Waals surface area contributed by atoms with Crippen molar-refractivity contribution in [2.24, 2.45) is 4.99 Å². The van der Waals surface area contributed by atoms with Crippen LogP contribution in [0.4, 0.5) is 10.5 Å². The quantitative estimate of drug-likeness (QED) is 0.721. The molecule has 144 valence electrons. The number of para-hydroxylation sites is 1. The highest BCUT2D eigenvalue weighted by molar-refractivity contribution is 6.18. The van der Waals surface area contributed by atoms with Gasteiger partial charge in [0.25, 0.3) is 5.91 Å². The van der Waals surface area contributed by atoms with E-state index in [2.05, 4.69) is 20.6 Å². The predicted molar refractivity (Wildman–Crippen MR) is 108 cm³/mol. The predicted octanol–water partition coefficient (Wildman–Crippen LogP) is 3.12. The van der Waals surface area contributed by atoms with Crippen LogP contribution in [-0.2, 0) is 16.1 Å². The second-order valence-corrected chi connectivity index (χ2v) is 6.34. The van der Waals surface area contributed by atoms with E-state index < -0.39 is 18.2 Å². The molecule has 0 saturated heterocycles. The smallest absolute Gasteiger partial charge is 0.409 e. The summed E-state index contributed by atoms with van der Waals surface area (Å²) in [6.45, 7) is 0.0953. The number of hydrogen-bond acceptors (Lipinski definition) is 5. The zero-order chi connectivity index (χ0) is 20.1. The Balaban J connectivity index is 1.58. The summed E-state index contributed by atoms with van der Waals surface area (Å²) in [7, 11) is 0. The van der Waals surface area contributed by atoms with Gasteiger partial charge in [-0.05, 0) is 23.8 Å². The van der Waals surface area contributed by atoms with Crippen LogP contribution in [0.3, 0.4) is 0 Å². The number of anilines is 1. The van der Waals surface area contributed by atoms with Gasteiger partial charge in [-0.2, -0.15) is 0 Å². The van der Waals surface area contributed by atoms with Gasteiger partial charge in [0.15, 0.2) is 0 Å². The molecule has 0 fully saturated rings. The summed E-state index contributed by atoms with van der Waals surface area (Å²) in [6, 6.07) is 22.0. The molecule has 2 heterocycles. The molecule has 1 aliphatic heterocycles. The number of carbonyl (C=O) groups excluding carboxylic acids is 2. The third kappa shape index (κ3) is 4.30. The number of benzene rings is 2. The van der Waals surface area contributed by atoms with Crippen LogP contribution in [0.15, 0.2) is 84.0 Å². The van der Waals surface area contributed by atoms with Crippen LogP contribution < -0.4 is 10.6 Å². The van der Waals surface area contributed by atoms with Crippen molar-refractivity contribution in [1.82, 2.24) is 10.3 Å². The Morgan fingerprint density at radius 1 is 1.00 bits per heavy atom. The highest BCUT2D eigenvalue weighted by Crippen LogP contribution is 2.22. The lowest BCUT2D eigenvalue weighted by atomic mass is 10.0. The molecule has 0 radical (unpaired) electrons. The summed E-state index contributed by atoms with van der Waals surface area (Å²) >= 11 is 0. The molecule has 0 saturated carbocycles. The van der Waals surface area contributed by atoms with E-state index in [9.17, 15) is 9.59 Å². The third-order valence-electron chi connectivity index (χ3n) is 4.32. The van der Waals surface area contributed by atoms with Crippen LogP contribution >= 0.6 is 0 Å². The van der Waals surface area contributed by atoms with Crippen molar-refractivity contribution in [3.05, 3.63) is 95.8 Å². The largest absolute Gasteiger partial charge is 0.445 e. The normalized spacial score (nSPS) is 15.4. The van der Waals surface area contributed by atoms with Crippen LogP contribution in [0.1, 0.15) is 16.8 Å². The lowest BCUT2D eigenvalue weighted by molar-refractivity contribution is -0.117. The molecule has 1 aliphatic rings. The Kier molecular flexibility index (Phi) is 5.29. The molecule has 0 spiro atoms. The summed E-state index contributed by atoms with van der Waals surface area (Å²) < 4.78 is 5.22. The van der Waals surface area contributed by atoms with E-state index in [1.54, 1.807) is 24.4 Å². The van der Waals surface area contributed by atoms with E-state index in [1.165, 1.54) is 0 Å². The number of carbonyl (C=O) groups is 2. The van der Waals surface area contributed by atoms with Crippen molar-refractivity contribution < 1.29 is 14.3 Å². The SMILES string of the molecule is O=C(NC1N=C(c2ccccn2)c2ccccc2NC1=O)OCc1ccccc1. The van der Waals surface area contributed by atoms with Gasteiger partial charge in [0.1, 0.15) is 6.61 Å². The highest BCUT2D eigenvalue weighted by Gasteiger charge is 2.27. The summed E-state index contributed by atoms with van der Waals surface area (Å²) in [5.74, 6) is -0.458. The Morgan fingerprint density at radius 2 is 1.76 bits per heavy atom. The summed E-state index contributed by atoms with van der Waals surface area (Å²) in [5.41, 5.74) is 3.28. The number of nitrogens with zero attached hydrogens (tertiary/aromatic N) is 2. The zero-order valence-electron chi connectivity index (χ0n) is 15.4. The fraction of sp³-hybridized carbons (Fsp3) is 0.0909. The number of fused-ring (bicyclic) bond motifs is 1. The first-order valence-corrected chi connectivity index (χ1v) is 9.07. The van der Waals surface area contributed by atoms with E-state index in [0.29, 0.717) is 17.1 Å². The molecule has 2 amide bonds. The third-order valence-corrected chi connectivity index (χ3v) is 4.32. The standard InChI is InChI=1S/C22H18N4O3/c27-21-20(26-22(28)29-14-15-8-2-1-3-9-15)25-19(18-12-6-7-13-23-18)16-10-4-5-11-17(16)24-21/h1-13,20H,14H2,(H,24,27)(H,26,28). The summed E-state index contributed by atoms with van der Waals surface area (Å²) in [6.07, 6.45) is -0.233. The second-order valence-electron chi connectivity index (χ2n) is 6.34. The molecule has 2 N–H and O–H groups in total. The van der Waals surface area contributed by atoms with E-state index in [-0.39, 0.29) is 6.61 Å². The molecule has 7 nitrogen and oxygen atoms in total. The van der Waals surface area contributed by atoms with Crippen LogP contribution in [0.25, 0.3) is 0 Å². The number of aliphatic imine (C=N–C) groups is 1. The molecule has 4 rings (SSSR count). The van der Waals surface area contributed by atoms with Gasteiger partial charge in [0.2, 0.25) is 6.17 Å². The van der Waals surface area contributed by atoms with E-state index >= 15 is 0 Å². The topological polar surface area (TPSA) is 92.7 Å². The first-order valence-electron chi connectivity index (χ1n) is 9.07. The maximum Gasteiger partial charge on any atom is 0.409 e. The lowest BCUT2D eigenvalue weighted by Gasteiger charge is -2.13. The first kappa shape index (κ1) is 18.4. The number of alkyl carbamates (subject to hydrolysis) is 1. The second kappa shape index (κ2) is 8.35. The van der Waals surface area contributed by atoms with Crippen molar-refractivity contribution in [1.29, 1.82) is 0 Å². The minimum Gasteiger partial charge on any atom is -0.445 e. The Morgan fingerprint density at radius 3 is 2.55 bits per heavy atom. The average Bonchev–Trinajstić information content (AvgIpc) is 2.90. The van der Waals surface area contributed by atoms with Gasteiger partial charge in [-0.3, -0.25) is 15.1 Å². The van der Waals surface area contributed by atoms with E-state index in [1.807, 2.05) is 54.6 Å². The molecule has 0 aliphatic carbocycles. The molecule has 1 atom stereocenters. The van der Waals surface area contributed by atoms with Gasteiger partial charge < -0.3 is 10.1 Å². The number of ether oxygens (including phenoxy) is 1. The number of rotatable bonds is 4. The van der Waals surface area contributed by atoms with Gasteiger partial charge in [-0.15, -0.1) is 0 Å². The summed E-state index contributed by atoms with van der Waals surface area (Å²) in [4.78, 5) is 33.8. The van der Waals surface area contributed by atoms with Crippen LogP contribution in [0, 0.1) is 0 Å². The molecule has 0 bridgehead atoms. The molecule has 7 heteroatoms. The number of aromatic nitrogens is 1. The Hall–Kier alpha value is -4.00. The molecule has 1 aromatic heterocycles. The number of nitrogens with one attached hydrogen (secondary N) is 2. The number of amides is 2. The van der Waals surface area contributed by atoms with Gasteiger partial charge in [-0.1, -0.05) is 54.6 Å². The maximum absolute atomic E-state index is 12.7. The molecular weight excluding hydrogens is 368 g/mol. The number of benzodiazepines with no additional fused rings is 1. The molecule has 3 aromatic rings. The van der Waals surface area contributed by atoms with Gasteiger partial charge in [0, 0.05) is 11.8 Å². The highest BCUT2D eigenvalue weighted by atomic mass is 16.5. The van der Waals surface area contributed by atoms with Crippen LogP contribution in [0.2, 0.25) is 0 Å². The van der Waals surface area contributed by atoms with Crippen molar-refractivity contribution in [2.75, 3.05) is 5.32 Å². The summed E-state index contributed by atoms with van der Waals surface area (Å²) in [5, 5.41) is 5.32. The van der Waals surface area contributed by atoms with Gasteiger partial charge in [-0.25, -0.2) is 9.79 Å². The van der Waals surface area contributed by atoms with E-state index in [0.717, 1.165) is 11.1 Å². The minimum atomic E-state index is -1.15. The monoisotopic (exact) mass is 386 g/mol. The molecule has 29 heavy (non-hydrogen) atoms. The minimum absolute atomic E-state index is 0.0953. The molecule has 1 unspecified atom stereocenters. The van der Waals surface area contributed by atoms with Crippen molar-refractivity contribution in [3.63, 3.8) is 0 Å². The van der Waals surface area contributed by atoms with Crippen LogP contribution in [0.5, 0.6) is 0 Å². The fourth-order valence-electron chi connectivity index (χ4n) is 2.94. The number of pyridine rings is 1. The number of hydrogen-bond donors (Lipinski definition) is 2. The maximum atomic E-state index is 12.7. The van der Waals surface area contributed by atoms with Crippen molar-refractivity contribution in [3.8, 4) is 0 Å². The first-order chi connectivity index (χ1) is 14.2. The zero-order valence-corrected chi connectivity index (χ0v) is 15.4. The van der Waals surface area contributed by atoms with E-state index in [4.69, 9.17) is 4.74 Å². The van der Waals surface area contributed by atoms with Gasteiger partial charge >= 0.3 is 6.09 Å². The van der Waals surface area contributed by atoms with Crippen molar-refractivity contribution in [2.45, 2.75) is 12.8 Å². The Bertz CT molecular complexity index is 1050. The molecule has 2 aromatic carbocycles. The fourth-order valence-corrected chi connectivity index (χ4v) is 2.94. The van der Waals surface area contributed by atoms with Gasteiger partial charge in [0.05, 0.1) is 17.1 Å². The lowest BCUT2D eigenvalue weighted by Crippen LogP contribution is -2.42. The Labute approximate surface area is 167 Å². The van der Waals surface area contributed by atoms with Crippen LogP contribution in [-0.4, -0.2) is 28.9 Å². The molecular formula is C22H18N4O3.